The lowest BCUT2D eigenvalue weighted by atomic mass is 9.84. The van der Waals surface area contributed by atoms with Crippen LogP contribution in [0.4, 0.5) is 0 Å². The highest BCUT2D eigenvalue weighted by Crippen LogP contribution is 2.25. The molecule has 1 rings (SSSR count). The maximum Gasteiger partial charge on any atom is 0.0211 e. The Morgan fingerprint density at radius 3 is 2.42 bits per heavy atom. The molecule has 2 heteroatoms. The van der Waals surface area contributed by atoms with Gasteiger partial charge in [0.25, 0.3) is 0 Å². The monoisotopic (exact) mass is 262 g/mol. The SMILES string of the molecule is CCN(C)CC(C)NCc1ccccc1C(C)(C)C. The molecule has 0 spiro atoms. The van der Waals surface area contributed by atoms with Gasteiger partial charge in [0.05, 0.1) is 0 Å². The van der Waals surface area contributed by atoms with Crippen molar-refractivity contribution in [2.75, 3.05) is 20.1 Å². The molecule has 1 atom stereocenters. The van der Waals surface area contributed by atoms with Crippen molar-refractivity contribution in [1.82, 2.24) is 10.2 Å². The van der Waals surface area contributed by atoms with E-state index in [9.17, 15) is 0 Å². The van der Waals surface area contributed by atoms with Crippen LogP contribution in [0.3, 0.4) is 0 Å². The summed E-state index contributed by atoms with van der Waals surface area (Å²) in [6, 6.07) is 9.27. The Kier molecular flexibility index (Phi) is 6.02. The number of nitrogens with one attached hydrogen (secondary N) is 1. The van der Waals surface area contributed by atoms with Crippen LogP contribution in [0.15, 0.2) is 24.3 Å². The lowest BCUT2D eigenvalue weighted by Gasteiger charge is -2.25. The minimum atomic E-state index is 0.210. The van der Waals surface area contributed by atoms with E-state index >= 15 is 0 Å². The molecule has 1 aromatic rings. The number of nitrogens with zero attached hydrogens (tertiary/aromatic N) is 1. The van der Waals surface area contributed by atoms with Crippen molar-refractivity contribution in [3.8, 4) is 0 Å². The molecular weight excluding hydrogens is 232 g/mol. The summed E-state index contributed by atoms with van der Waals surface area (Å²) in [5, 5.41) is 3.63. The van der Waals surface area contributed by atoms with E-state index in [2.05, 4.69) is 76.1 Å². The highest BCUT2D eigenvalue weighted by molar-refractivity contribution is 5.32. The van der Waals surface area contributed by atoms with E-state index in [4.69, 9.17) is 0 Å². The Hall–Kier alpha value is -0.860. The summed E-state index contributed by atoms with van der Waals surface area (Å²) in [5.41, 5.74) is 3.07. The van der Waals surface area contributed by atoms with E-state index < -0.39 is 0 Å². The molecule has 0 saturated heterocycles. The summed E-state index contributed by atoms with van der Waals surface area (Å²) < 4.78 is 0. The Balaban J connectivity index is 2.63. The van der Waals surface area contributed by atoms with Gasteiger partial charge in [-0.05, 0) is 37.1 Å². The largest absolute Gasteiger partial charge is 0.309 e. The minimum Gasteiger partial charge on any atom is -0.309 e. The third-order valence-corrected chi connectivity index (χ3v) is 3.59. The summed E-state index contributed by atoms with van der Waals surface area (Å²) >= 11 is 0. The average Bonchev–Trinajstić information content (AvgIpc) is 2.35. The van der Waals surface area contributed by atoms with Gasteiger partial charge in [-0.15, -0.1) is 0 Å². The molecule has 19 heavy (non-hydrogen) atoms. The average molecular weight is 262 g/mol. The number of likely N-dealkylation sites (N-methyl/N-ethyl adjacent to an activating group) is 1. The molecule has 0 saturated carbocycles. The Morgan fingerprint density at radius 2 is 1.84 bits per heavy atom. The van der Waals surface area contributed by atoms with E-state index in [1.807, 2.05) is 0 Å². The Bertz CT molecular complexity index is 379. The zero-order chi connectivity index (χ0) is 14.5. The van der Waals surface area contributed by atoms with Gasteiger partial charge in [-0.3, -0.25) is 0 Å². The second kappa shape index (κ2) is 7.06. The molecule has 0 aromatic heterocycles. The van der Waals surface area contributed by atoms with Crippen molar-refractivity contribution in [2.24, 2.45) is 0 Å². The molecule has 0 fully saturated rings. The van der Waals surface area contributed by atoms with Crippen LogP contribution in [0, 0.1) is 0 Å². The predicted molar refractivity (Wildman–Crippen MR) is 84.6 cm³/mol. The van der Waals surface area contributed by atoms with Crippen molar-refractivity contribution >= 4 is 0 Å². The standard InChI is InChI=1S/C17H30N2/c1-7-19(6)13-14(2)18-12-15-10-8-9-11-16(15)17(3,4)5/h8-11,14,18H,7,12-13H2,1-6H3. The van der Waals surface area contributed by atoms with Crippen LogP contribution >= 0.6 is 0 Å². The number of rotatable bonds is 6. The Labute approximate surface area is 119 Å². The van der Waals surface area contributed by atoms with Crippen LogP contribution in [0.1, 0.15) is 45.7 Å². The molecule has 0 aliphatic rings. The quantitative estimate of drug-likeness (QED) is 0.845. The van der Waals surface area contributed by atoms with Crippen LogP contribution < -0.4 is 5.32 Å². The van der Waals surface area contributed by atoms with Crippen LogP contribution in [0.2, 0.25) is 0 Å². The molecule has 0 amide bonds. The lowest BCUT2D eigenvalue weighted by Crippen LogP contribution is -2.37. The summed E-state index contributed by atoms with van der Waals surface area (Å²) in [6.45, 7) is 14.4. The second-order valence-electron chi connectivity index (χ2n) is 6.54. The predicted octanol–water partition coefficient (Wildman–Crippen LogP) is 3.41. The molecule has 0 bridgehead atoms. The molecule has 0 aliphatic heterocycles. The topological polar surface area (TPSA) is 15.3 Å². The first kappa shape index (κ1) is 16.2. The molecule has 2 nitrogen and oxygen atoms in total. The fourth-order valence-corrected chi connectivity index (χ4v) is 2.35. The third-order valence-electron chi connectivity index (χ3n) is 3.59. The Morgan fingerprint density at radius 1 is 1.21 bits per heavy atom. The fourth-order valence-electron chi connectivity index (χ4n) is 2.35. The number of hydrogen-bond donors (Lipinski definition) is 1. The first-order valence-electron chi connectivity index (χ1n) is 7.35. The molecular formula is C17H30N2. The van der Waals surface area contributed by atoms with Crippen molar-refractivity contribution in [2.45, 2.75) is 52.6 Å². The first-order chi connectivity index (χ1) is 8.84. The summed E-state index contributed by atoms with van der Waals surface area (Å²) in [7, 11) is 2.17. The molecule has 1 unspecified atom stereocenters. The van der Waals surface area contributed by atoms with Gasteiger partial charge < -0.3 is 10.2 Å². The molecule has 1 N–H and O–H groups in total. The van der Waals surface area contributed by atoms with Crippen LogP contribution in [0.25, 0.3) is 0 Å². The van der Waals surface area contributed by atoms with Crippen molar-refractivity contribution < 1.29 is 0 Å². The van der Waals surface area contributed by atoms with Gasteiger partial charge in [-0.25, -0.2) is 0 Å². The van der Waals surface area contributed by atoms with Gasteiger partial charge in [-0.1, -0.05) is 52.0 Å². The molecule has 0 heterocycles. The fraction of sp³-hybridized carbons (Fsp3) is 0.647. The molecule has 0 aliphatic carbocycles. The smallest absolute Gasteiger partial charge is 0.0211 e. The van der Waals surface area contributed by atoms with E-state index in [1.54, 1.807) is 0 Å². The normalized spacial score (nSPS) is 13.8. The van der Waals surface area contributed by atoms with Crippen molar-refractivity contribution in [3.05, 3.63) is 35.4 Å². The van der Waals surface area contributed by atoms with Crippen LogP contribution in [0.5, 0.6) is 0 Å². The van der Waals surface area contributed by atoms with E-state index in [0.717, 1.165) is 19.6 Å². The van der Waals surface area contributed by atoms with Gasteiger partial charge >= 0.3 is 0 Å². The zero-order valence-corrected chi connectivity index (χ0v) is 13.5. The van der Waals surface area contributed by atoms with Crippen molar-refractivity contribution in [3.63, 3.8) is 0 Å². The van der Waals surface area contributed by atoms with Crippen molar-refractivity contribution in [1.29, 1.82) is 0 Å². The van der Waals surface area contributed by atoms with E-state index in [1.165, 1.54) is 11.1 Å². The molecule has 108 valence electrons. The van der Waals surface area contributed by atoms with Gasteiger partial charge in [0.15, 0.2) is 0 Å². The summed E-state index contributed by atoms with van der Waals surface area (Å²) in [4.78, 5) is 2.34. The summed E-state index contributed by atoms with van der Waals surface area (Å²) in [6.07, 6.45) is 0. The zero-order valence-electron chi connectivity index (χ0n) is 13.5. The van der Waals surface area contributed by atoms with Gasteiger partial charge in [-0.2, -0.15) is 0 Å². The lowest BCUT2D eigenvalue weighted by molar-refractivity contribution is 0.309. The van der Waals surface area contributed by atoms with Crippen LogP contribution in [-0.4, -0.2) is 31.1 Å². The van der Waals surface area contributed by atoms with Gasteiger partial charge in [0.1, 0.15) is 0 Å². The second-order valence-corrected chi connectivity index (χ2v) is 6.54. The maximum atomic E-state index is 3.63. The summed E-state index contributed by atoms with van der Waals surface area (Å²) in [5.74, 6) is 0. The third kappa shape index (κ3) is 5.33. The number of hydrogen-bond acceptors (Lipinski definition) is 2. The van der Waals surface area contributed by atoms with Gasteiger partial charge in [0, 0.05) is 19.1 Å². The van der Waals surface area contributed by atoms with Crippen LogP contribution in [-0.2, 0) is 12.0 Å². The van der Waals surface area contributed by atoms with Gasteiger partial charge in [0.2, 0.25) is 0 Å². The first-order valence-corrected chi connectivity index (χ1v) is 7.35. The highest BCUT2D eigenvalue weighted by atomic mass is 15.1. The van der Waals surface area contributed by atoms with E-state index in [-0.39, 0.29) is 5.41 Å². The minimum absolute atomic E-state index is 0.210. The number of benzene rings is 1. The maximum absolute atomic E-state index is 3.63. The highest BCUT2D eigenvalue weighted by Gasteiger charge is 2.17. The molecule has 1 aromatic carbocycles. The molecule has 0 radical (unpaired) electrons. The van der Waals surface area contributed by atoms with E-state index in [0.29, 0.717) is 6.04 Å².